The largest absolute Gasteiger partial charge is 0.489 e. The van der Waals surface area contributed by atoms with Crippen molar-refractivity contribution in [1.29, 1.82) is 0 Å². The Morgan fingerprint density at radius 1 is 1.19 bits per heavy atom. The van der Waals surface area contributed by atoms with Crippen LogP contribution in [0.25, 0.3) is 6.08 Å². The molecule has 3 rings (SSSR count). The minimum absolute atomic E-state index is 0.00621. The molecule has 1 aliphatic heterocycles. The summed E-state index contributed by atoms with van der Waals surface area (Å²) in [7, 11) is 0. The topological polar surface area (TPSA) is 46.6 Å². The van der Waals surface area contributed by atoms with Gasteiger partial charge in [0.15, 0.2) is 0 Å². The Bertz CT molecular complexity index is 910. The summed E-state index contributed by atoms with van der Waals surface area (Å²) in [5.41, 5.74) is 3.12. The zero-order valence-electron chi connectivity index (χ0n) is 14.3. The van der Waals surface area contributed by atoms with Crippen molar-refractivity contribution in [2.24, 2.45) is 0 Å². The normalized spacial score (nSPS) is 15.4. The number of nitrogens with zero attached hydrogens (tertiary/aromatic N) is 1. The number of hydrogen-bond acceptors (Lipinski definition) is 4. The summed E-state index contributed by atoms with van der Waals surface area (Å²) >= 11 is 0.901. The van der Waals surface area contributed by atoms with Crippen LogP contribution in [0.1, 0.15) is 16.7 Å². The number of thioether (sulfide) groups is 1. The predicted octanol–water partition coefficient (Wildman–Crippen LogP) is 4.24. The molecule has 0 atom stereocenters. The van der Waals surface area contributed by atoms with E-state index in [1.165, 1.54) is 5.56 Å². The summed E-state index contributed by atoms with van der Waals surface area (Å²) in [5, 5.41) is -0.336. The van der Waals surface area contributed by atoms with Crippen molar-refractivity contribution in [3.63, 3.8) is 0 Å². The lowest BCUT2D eigenvalue weighted by molar-refractivity contribution is -0.122. The van der Waals surface area contributed by atoms with Crippen LogP contribution in [-0.2, 0) is 11.4 Å². The summed E-state index contributed by atoms with van der Waals surface area (Å²) in [6.07, 6.45) is 6.87. The first kappa shape index (κ1) is 17.8. The third-order valence-electron chi connectivity index (χ3n) is 3.79. The lowest BCUT2D eigenvalue weighted by Crippen LogP contribution is -2.28. The Balaban J connectivity index is 1.65. The lowest BCUT2D eigenvalue weighted by Gasteiger charge is -2.07. The highest BCUT2D eigenvalue weighted by molar-refractivity contribution is 8.18. The zero-order valence-corrected chi connectivity index (χ0v) is 15.1. The number of imide groups is 1. The number of terminal acetylenes is 1. The van der Waals surface area contributed by atoms with Gasteiger partial charge in [0.25, 0.3) is 11.1 Å². The fourth-order valence-corrected chi connectivity index (χ4v) is 3.35. The number of rotatable bonds is 5. The molecule has 2 amide bonds. The standard InChI is InChI=1S/C21H17NO3S/c1-3-11-22-20(23)19(26-21(22)24)13-16-7-9-18(10-8-16)25-14-17-6-4-5-15(2)12-17/h1,4-10,12-13H,11,14H2,2H3/b19-13-. The van der Waals surface area contributed by atoms with Gasteiger partial charge in [-0.15, -0.1) is 6.42 Å². The molecule has 4 nitrogen and oxygen atoms in total. The first-order valence-electron chi connectivity index (χ1n) is 8.04. The van der Waals surface area contributed by atoms with Crippen molar-refractivity contribution in [2.75, 3.05) is 6.54 Å². The molecular weight excluding hydrogens is 346 g/mol. The second kappa shape index (κ2) is 7.94. The van der Waals surface area contributed by atoms with Gasteiger partial charge in [0.2, 0.25) is 0 Å². The summed E-state index contributed by atoms with van der Waals surface area (Å²) in [6.45, 7) is 2.53. The molecule has 0 aliphatic carbocycles. The van der Waals surface area contributed by atoms with Crippen molar-refractivity contribution >= 4 is 29.0 Å². The molecule has 0 spiro atoms. The lowest BCUT2D eigenvalue weighted by atomic mass is 10.1. The Morgan fingerprint density at radius 2 is 1.96 bits per heavy atom. The third-order valence-corrected chi connectivity index (χ3v) is 4.70. The van der Waals surface area contributed by atoms with Crippen LogP contribution in [0.2, 0.25) is 0 Å². The highest BCUT2D eigenvalue weighted by atomic mass is 32.2. The highest BCUT2D eigenvalue weighted by Crippen LogP contribution is 2.32. The quantitative estimate of drug-likeness (QED) is 0.589. The number of amides is 2. The molecule has 0 radical (unpaired) electrons. The zero-order chi connectivity index (χ0) is 18.5. The van der Waals surface area contributed by atoms with Crippen molar-refractivity contribution in [1.82, 2.24) is 4.90 Å². The number of aryl methyl sites for hydroxylation is 1. The summed E-state index contributed by atoms with van der Waals surface area (Å²) < 4.78 is 5.78. The smallest absolute Gasteiger partial charge is 0.294 e. The minimum atomic E-state index is -0.349. The number of ether oxygens (including phenoxy) is 1. The van der Waals surface area contributed by atoms with Gasteiger partial charge in [-0.25, -0.2) is 0 Å². The predicted molar refractivity (Wildman–Crippen MR) is 103 cm³/mol. The SMILES string of the molecule is C#CCN1C(=O)S/C(=C\c2ccc(OCc3cccc(C)c3)cc2)C1=O. The summed E-state index contributed by atoms with van der Waals surface area (Å²) in [4.78, 5) is 25.4. The molecule has 130 valence electrons. The Labute approximate surface area is 156 Å². The van der Waals surface area contributed by atoms with Crippen LogP contribution in [0.15, 0.2) is 53.4 Å². The molecule has 2 aromatic rings. The fraction of sp³-hybridized carbons (Fsp3) is 0.143. The molecule has 1 fully saturated rings. The van der Waals surface area contributed by atoms with Gasteiger partial charge in [0, 0.05) is 0 Å². The molecule has 2 aromatic carbocycles. The highest BCUT2D eigenvalue weighted by Gasteiger charge is 2.34. The van der Waals surface area contributed by atoms with Crippen LogP contribution in [0.3, 0.4) is 0 Å². The maximum atomic E-state index is 12.2. The van der Waals surface area contributed by atoms with E-state index in [1.807, 2.05) is 49.4 Å². The van der Waals surface area contributed by atoms with Gasteiger partial charge >= 0.3 is 0 Å². The van der Waals surface area contributed by atoms with E-state index in [0.717, 1.165) is 33.5 Å². The van der Waals surface area contributed by atoms with Crippen LogP contribution in [-0.4, -0.2) is 22.6 Å². The Morgan fingerprint density at radius 3 is 2.65 bits per heavy atom. The molecule has 1 saturated heterocycles. The van der Waals surface area contributed by atoms with Crippen molar-refractivity contribution in [3.8, 4) is 18.1 Å². The van der Waals surface area contributed by atoms with Gasteiger partial charge in [-0.1, -0.05) is 47.9 Å². The molecule has 1 aliphatic rings. The summed E-state index contributed by atoms with van der Waals surface area (Å²) in [6, 6.07) is 15.5. The molecular formula is C21H17NO3S. The van der Waals surface area contributed by atoms with Gasteiger partial charge in [-0.3, -0.25) is 14.5 Å². The fourth-order valence-electron chi connectivity index (χ4n) is 2.51. The van der Waals surface area contributed by atoms with Gasteiger partial charge in [0.1, 0.15) is 12.4 Å². The van der Waals surface area contributed by atoms with Gasteiger partial charge in [-0.05, 0) is 48.0 Å². The monoisotopic (exact) mass is 363 g/mol. The number of carbonyl (C=O) groups excluding carboxylic acids is 2. The Kier molecular flexibility index (Phi) is 5.45. The van der Waals surface area contributed by atoms with E-state index in [1.54, 1.807) is 6.08 Å². The number of hydrogen-bond donors (Lipinski definition) is 0. The second-order valence-electron chi connectivity index (χ2n) is 5.82. The van der Waals surface area contributed by atoms with Crippen LogP contribution in [0, 0.1) is 19.3 Å². The average Bonchev–Trinajstić information content (AvgIpc) is 2.89. The summed E-state index contributed by atoms with van der Waals surface area (Å²) in [5.74, 6) is 2.71. The molecule has 0 aromatic heterocycles. The van der Waals surface area contributed by atoms with E-state index in [-0.39, 0.29) is 17.7 Å². The molecule has 1 heterocycles. The van der Waals surface area contributed by atoms with E-state index in [4.69, 9.17) is 11.2 Å². The van der Waals surface area contributed by atoms with Crippen LogP contribution in [0.5, 0.6) is 5.75 Å². The van der Waals surface area contributed by atoms with E-state index in [9.17, 15) is 9.59 Å². The molecule has 0 unspecified atom stereocenters. The first-order chi connectivity index (χ1) is 12.6. The number of benzene rings is 2. The van der Waals surface area contributed by atoms with Crippen molar-refractivity contribution in [2.45, 2.75) is 13.5 Å². The molecule has 26 heavy (non-hydrogen) atoms. The van der Waals surface area contributed by atoms with E-state index in [2.05, 4.69) is 12.0 Å². The van der Waals surface area contributed by atoms with Crippen molar-refractivity contribution < 1.29 is 14.3 Å². The van der Waals surface area contributed by atoms with Gasteiger partial charge in [0.05, 0.1) is 11.4 Å². The van der Waals surface area contributed by atoms with Crippen LogP contribution >= 0.6 is 11.8 Å². The second-order valence-corrected chi connectivity index (χ2v) is 6.81. The third kappa shape index (κ3) is 4.16. The van der Waals surface area contributed by atoms with Crippen molar-refractivity contribution in [3.05, 3.63) is 70.1 Å². The number of carbonyl (C=O) groups is 2. The van der Waals surface area contributed by atoms with Crippen LogP contribution < -0.4 is 4.74 Å². The Hall–Kier alpha value is -2.97. The average molecular weight is 363 g/mol. The first-order valence-corrected chi connectivity index (χ1v) is 8.86. The molecule has 0 saturated carbocycles. The molecule has 0 bridgehead atoms. The molecule has 5 heteroatoms. The van der Waals surface area contributed by atoms with Gasteiger partial charge in [-0.2, -0.15) is 0 Å². The van der Waals surface area contributed by atoms with E-state index >= 15 is 0 Å². The van der Waals surface area contributed by atoms with Crippen LogP contribution in [0.4, 0.5) is 4.79 Å². The maximum absolute atomic E-state index is 12.2. The van der Waals surface area contributed by atoms with E-state index in [0.29, 0.717) is 11.5 Å². The maximum Gasteiger partial charge on any atom is 0.294 e. The van der Waals surface area contributed by atoms with E-state index < -0.39 is 0 Å². The minimum Gasteiger partial charge on any atom is -0.489 e. The molecule has 0 N–H and O–H groups in total. The van der Waals surface area contributed by atoms with Gasteiger partial charge < -0.3 is 4.74 Å².